The first-order valence-electron chi connectivity index (χ1n) is 5.13. The highest BCUT2D eigenvalue weighted by Gasteiger charge is 2.16. The number of hydrogen-bond donors (Lipinski definition) is 1. The fourth-order valence-electron chi connectivity index (χ4n) is 1.64. The second-order valence-corrected chi connectivity index (χ2v) is 3.85. The molecule has 0 spiro atoms. The molecule has 0 aliphatic carbocycles. The van der Waals surface area contributed by atoms with Crippen molar-refractivity contribution in [3.05, 3.63) is 22.1 Å². The molecule has 0 amide bonds. The molecular formula is C10H13N5O. The van der Waals surface area contributed by atoms with Gasteiger partial charge in [-0.15, -0.1) is 0 Å². The maximum absolute atomic E-state index is 11.4. The molecule has 0 radical (unpaired) electrons. The lowest BCUT2D eigenvalue weighted by atomic mass is 10.3. The quantitative estimate of drug-likeness (QED) is 0.682. The number of hydrogen-bond acceptors (Lipinski definition) is 5. The molecular weight excluding hydrogens is 206 g/mol. The summed E-state index contributed by atoms with van der Waals surface area (Å²) < 4.78 is 0. The first kappa shape index (κ1) is 10.6. The summed E-state index contributed by atoms with van der Waals surface area (Å²) in [6.07, 6.45) is 1.33. The molecule has 0 saturated carbocycles. The Labute approximate surface area is 93.1 Å². The largest absolute Gasteiger partial charge is 0.340 e. The van der Waals surface area contributed by atoms with Gasteiger partial charge in [0.25, 0.3) is 5.56 Å². The van der Waals surface area contributed by atoms with Gasteiger partial charge in [-0.2, -0.15) is 5.26 Å². The Morgan fingerprint density at radius 2 is 2.12 bits per heavy atom. The van der Waals surface area contributed by atoms with E-state index in [2.05, 4.69) is 21.9 Å². The van der Waals surface area contributed by atoms with Crippen molar-refractivity contribution >= 4 is 5.95 Å². The summed E-state index contributed by atoms with van der Waals surface area (Å²) in [5.41, 5.74) is -0.315. The zero-order chi connectivity index (χ0) is 11.5. The minimum Gasteiger partial charge on any atom is -0.340 e. The van der Waals surface area contributed by atoms with Crippen LogP contribution in [0.5, 0.6) is 0 Å². The summed E-state index contributed by atoms with van der Waals surface area (Å²) >= 11 is 0. The van der Waals surface area contributed by atoms with Crippen LogP contribution in [0.2, 0.25) is 0 Å². The van der Waals surface area contributed by atoms with E-state index in [-0.39, 0.29) is 11.1 Å². The number of nitriles is 1. The Morgan fingerprint density at radius 3 is 2.69 bits per heavy atom. The van der Waals surface area contributed by atoms with Gasteiger partial charge < -0.3 is 9.80 Å². The van der Waals surface area contributed by atoms with Crippen molar-refractivity contribution in [2.75, 3.05) is 38.1 Å². The van der Waals surface area contributed by atoms with Crippen molar-refractivity contribution < 1.29 is 0 Å². The molecule has 6 nitrogen and oxygen atoms in total. The van der Waals surface area contributed by atoms with Crippen LogP contribution < -0.4 is 10.5 Å². The maximum Gasteiger partial charge on any atom is 0.270 e. The molecule has 0 atom stereocenters. The second-order valence-electron chi connectivity index (χ2n) is 3.85. The van der Waals surface area contributed by atoms with Crippen molar-refractivity contribution in [3.8, 4) is 6.07 Å². The van der Waals surface area contributed by atoms with E-state index in [0.29, 0.717) is 5.95 Å². The smallest absolute Gasteiger partial charge is 0.270 e. The molecule has 2 rings (SSSR count). The Balaban J connectivity index is 2.19. The van der Waals surface area contributed by atoms with E-state index in [0.717, 1.165) is 26.2 Å². The number of anilines is 1. The minimum absolute atomic E-state index is 0.0536. The van der Waals surface area contributed by atoms with E-state index in [9.17, 15) is 4.79 Å². The average Bonchev–Trinajstić information content (AvgIpc) is 2.30. The van der Waals surface area contributed by atoms with E-state index in [1.54, 1.807) is 6.07 Å². The molecule has 1 aromatic heterocycles. The number of rotatable bonds is 1. The van der Waals surface area contributed by atoms with Crippen LogP contribution in [-0.2, 0) is 0 Å². The van der Waals surface area contributed by atoms with Crippen LogP contribution in [0.25, 0.3) is 0 Å². The fourth-order valence-corrected chi connectivity index (χ4v) is 1.64. The molecule has 2 heterocycles. The maximum atomic E-state index is 11.4. The van der Waals surface area contributed by atoms with Crippen LogP contribution in [0.3, 0.4) is 0 Å². The lowest BCUT2D eigenvalue weighted by Gasteiger charge is -2.32. The highest BCUT2D eigenvalue weighted by atomic mass is 16.1. The van der Waals surface area contributed by atoms with Crippen LogP contribution in [0, 0.1) is 11.3 Å². The summed E-state index contributed by atoms with van der Waals surface area (Å²) in [4.78, 5) is 22.4. The van der Waals surface area contributed by atoms with Gasteiger partial charge in [0.1, 0.15) is 11.6 Å². The van der Waals surface area contributed by atoms with Gasteiger partial charge in [0.15, 0.2) is 0 Å². The van der Waals surface area contributed by atoms with E-state index in [1.165, 1.54) is 6.20 Å². The average molecular weight is 219 g/mol. The van der Waals surface area contributed by atoms with Gasteiger partial charge in [0.05, 0.1) is 6.20 Å². The number of aromatic nitrogens is 2. The van der Waals surface area contributed by atoms with E-state index < -0.39 is 0 Å². The zero-order valence-electron chi connectivity index (χ0n) is 9.10. The molecule has 1 saturated heterocycles. The standard InChI is InChI=1S/C10H13N5O/c1-14-2-4-15(5-3-14)10-12-7-8(6-11)9(16)13-10/h7H,2-5H2,1H3,(H,12,13,16). The predicted molar refractivity (Wildman–Crippen MR) is 59.3 cm³/mol. The molecule has 1 aromatic rings. The number of aromatic amines is 1. The monoisotopic (exact) mass is 219 g/mol. The number of nitrogens with one attached hydrogen (secondary N) is 1. The van der Waals surface area contributed by atoms with Crippen molar-refractivity contribution in [1.29, 1.82) is 5.26 Å². The topological polar surface area (TPSA) is 76.0 Å². The molecule has 6 heteroatoms. The number of piperazine rings is 1. The molecule has 1 aliphatic heterocycles. The predicted octanol–water partition coefficient (Wildman–Crippen LogP) is -0.607. The van der Waals surface area contributed by atoms with Gasteiger partial charge in [-0.25, -0.2) is 4.98 Å². The van der Waals surface area contributed by atoms with Crippen LogP contribution in [0.4, 0.5) is 5.95 Å². The van der Waals surface area contributed by atoms with Gasteiger partial charge in [0, 0.05) is 26.2 Å². The van der Waals surface area contributed by atoms with Crippen molar-refractivity contribution in [1.82, 2.24) is 14.9 Å². The van der Waals surface area contributed by atoms with Crippen molar-refractivity contribution in [3.63, 3.8) is 0 Å². The Morgan fingerprint density at radius 1 is 1.44 bits per heavy atom. The highest BCUT2D eigenvalue weighted by molar-refractivity contribution is 5.33. The SMILES string of the molecule is CN1CCN(c2ncc(C#N)c(=O)[nH]2)CC1. The number of nitrogens with zero attached hydrogens (tertiary/aromatic N) is 4. The van der Waals surface area contributed by atoms with E-state index in [1.807, 2.05) is 4.90 Å². The third-order valence-electron chi connectivity index (χ3n) is 2.71. The molecule has 0 unspecified atom stereocenters. The highest BCUT2D eigenvalue weighted by Crippen LogP contribution is 2.07. The van der Waals surface area contributed by atoms with Crippen LogP contribution in [0.15, 0.2) is 11.0 Å². The number of likely N-dealkylation sites (N-methyl/N-ethyl adjacent to an activating group) is 1. The normalized spacial score (nSPS) is 17.1. The third kappa shape index (κ3) is 2.04. The molecule has 84 valence electrons. The summed E-state index contributed by atoms with van der Waals surface area (Å²) in [6.45, 7) is 3.57. The summed E-state index contributed by atoms with van der Waals surface area (Å²) in [6, 6.07) is 1.80. The van der Waals surface area contributed by atoms with Crippen LogP contribution in [0.1, 0.15) is 5.56 Å². The van der Waals surface area contributed by atoms with Gasteiger partial charge in [-0.05, 0) is 7.05 Å². The number of H-pyrrole nitrogens is 1. The van der Waals surface area contributed by atoms with Gasteiger partial charge in [-0.1, -0.05) is 0 Å². The lowest BCUT2D eigenvalue weighted by Crippen LogP contribution is -2.45. The molecule has 0 aromatic carbocycles. The summed E-state index contributed by atoms with van der Waals surface area (Å²) in [5, 5.41) is 8.62. The fraction of sp³-hybridized carbons (Fsp3) is 0.500. The van der Waals surface area contributed by atoms with Crippen molar-refractivity contribution in [2.24, 2.45) is 0 Å². The second kappa shape index (κ2) is 4.33. The third-order valence-corrected chi connectivity index (χ3v) is 2.71. The first-order valence-corrected chi connectivity index (χ1v) is 5.13. The molecule has 16 heavy (non-hydrogen) atoms. The van der Waals surface area contributed by atoms with Gasteiger partial charge in [0.2, 0.25) is 5.95 Å². The molecule has 1 aliphatic rings. The van der Waals surface area contributed by atoms with Crippen LogP contribution >= 0.6 is 0 Å². The van der Waals surface area contributed by atoms with E-state index in [4.69, 9.17) is 5.26 Å². The van der Waals surface area contributed by atoms with E-state index >= 15 is 0 Å². The first-order chi connectivity index (χ1) is 7.70. The molecule has 1 fully saturated rings. The lowest BCUT2D eigenvalue weighted by molar-refractivity contribution is 0.311. The minimum atomic E-state index is -0.369. The molecule has 0 bridgehead atoms. The summed E-state index contributed by atoms with van der Waals surface area (Å²) in [7, 11) is 2.06. The van der Waals surface area contributed by atoms with Crippen molar-refractivity contribution in [2.45, 2.75) is 0 Å². The Hall–Kier alpha value is -1.87. The Kier molecular flexibility index (Phi) is 2.88. The molecule has 1 N–H and O–H groups in total. The van der Waals surface area contributed by atoms with Gasteiger partial charge in [-0.3, -0.25) is 9.78 Å². The zero-order valence-corrected chi connectivity index (χ0v) is 9.10. The summed E-state index contributed by atoms with van der Waals surface area (Å²) in [5.74, 6) is 0.553. The van der Waals surface area contributed by atoms with Gasteiger partial charge >= 0.3 is 0 Å². The Bertz CT molecular complexity index is 467. The van der Waals surface area contributed by atoms with Crippen LogP contribution in [-0.4, -0.2) is 48.1 Å².